The molecule has 0 radical (unpaired) electrons. The van der Waals surface area contributed by atoms with Crippen molar-refractivity contribution in [1.29, 1.82) is 0 Å². The number of nitrogens with two attached hydrogens (primary N) is 1. The molecule has 120 valence electrons. The fraction of sp³-hybridized carbons (Fsp3) is 0.500. The summed E-state index contributed by atoms with van der Waals surface area (Å²) in [5.41, 5.74) is 7.16. The summed E-state index contributed by atoms with van der Waals surface area (Å²) in [6.07, 6.45) is 1.24. The van der Waals surface area contributed by atoms with Crippen molar-refractivity contribution in [2.24, 2.45) is 5.73 Å². The number of hydrogen-bond donors (Lipinski definition) is 2. The largest absolute Gasteiger partial charge is 0.372 e. The molecule has 6 heteroatoms. The van der Waals surface area contributed by atoms with Crippen LogP contribution in [0.5, 0.6) is 0 Å². The molecule has 1 heterocycles. The molecule has 1 saturated heterocycles. The summed E-state index contributed by atoms with van der Waals surface area (Å²) >= 11 is 0. The van der Waals surface area contributed by atoms with Crippen molar-refractivity contribution in [3.63, 3.8) is 0 Å². The average molecular weight is 305 g/mol. The average Bonchev–Trinajstić information content (AvgIpc) is 2.96. The van der Waals surface area contributed by atoms with Gasteiger partial charge < -0.3 is 15.8 Å². The van der Waals surface area contributed by atoms with E-state index in [1.165, 1.54) is 7.11 Å². The van der Waals surface area contributed by atoms with E-state index >= 15 is 0 Å². The molecular formula is C16H23N3O3. The lowest BCUT2D eigenvalue weighted by Crippen LogP contribution is -2.40. The number of ether oxygens (including phenoxy) is 1. The molecule has 1 aliphatic heterocycles. The van der Waals surface area contributed by atoms with Crippen LogP contribution in [0.25, 0.3) is 0 Å². The van der Waals surface area contributed by atoms with Crippen molar-refractivity contribution in [1.82, 2.24) is 4.90 Å². The van der Waals surface area contributed by atoms with Gasteiger partial charge in [0, 0.05) is 19.3 Å². The van der Waals surface area contributed by atoms with Gasteiger partial charge >= 0.3 is 0 Å². The lowest BCUT2D eigenvalue weighted by molar-refractivity contribution is -0.125. The summed E-state index contributed by atoms with van der Waals surface area (Å²) in [6, 6.07) is 7.36. The minimum atomic E-state index is -0.516. The van der Waals surface area contributed by atoms with E-state index in [2.05, 4.69) is 10.2 Å². The molecule has 0 bridgehead atoms. The molecule has 1 aromatic carbocycles. The van der Waals surface area contributed by atoms with Crippen molar-refractivity contribution >= 4 is 17.5 Å². The van der Waals surface area contributed by atoms with Crippen LogP contribution in [0.2, 0.25) is 0 Å². The highest BCUT2D eigenvalue weighted by Crippen LogP contribution is 2.23. The maximum atomic E-state index is 12.0. The molecule has 1 aliphatic rings. The van der Waals surface area contributed by atoms with E-state index in [-0.39, 0.29) is 17.9 Å². The predicted octanol–water partition coefficient (Wildman–Crippen LogP) is 1.11. The Hall–Kier alpha value is -1.92. The summed E-state index contributed by atoms with van der Waals surface area (Å²) in [7, 11) is 1.50. The van der Waals surface area contributed by atoms with Gasteiger partial charge in [0.15, 0.2) is 0 Å². The van der Waals surface area contributed by atoms with Crippen LogP contribution in [0.3, 0.4) is 0 Å². The van der Waals surface area contributed by atoms with Gasteiger partial charge in [-0.3, -0.25) is 14.5 Å². The van der Waals surface area contributed by atoms with Crippen LogP contribution in [0.4, 0.5) is 5.69 Å². The van der Waals surface area contributed by atoms with Gasteiger partial charge in [0.1, 0.15) is 6.10 Å². The molecule has 6 nitrogen and oxygen atoms in total. The third-order valence-corrected chi connectivity index (χ3v) is 4.06. The third-order valence-electron chi connectivity index (χ3n) is 4.06. The standard InChI is InChI=1S/C16H23N3O3/c1-11(22-2)16(21)18-13-7-4-3-6-12(13)10-19-9-5-8-14(19)15(17)20/h3-4,6-7,11,14H,5,8-10H2,1-2H3,(H2,17,20)(H,18,21)/t11-,14+/m1/s1. The highest BCUT2D eigenvalue weighted by molar-refractivity contribution is 5.94. The third kappa shape index (κ3) is 3.84. The number of benzene rings is 1. The van der Waals surface area contributed by atoms with Gasteiger partial charge in [-0.15, -0.1) is 0 Å². The number of carbonyl (C=O) groups excluding carboxylic acids is 2. The van der Waals surface area contributed by atoms with Crippen LogP contribution in [0.15, 0.2) is 24.3 Å². The van der Waals surface area contributed by atoms with Crippen LogP contribution < -0.4 is 11.1 Å². The summed E-state index contributed by atoms with van der Waals surface area (Å²) in [5, 5.41) is 2.87. The molecule has 0 saturated carbocycles. The number of nitrogens with zero attached hydrogens (tertiary/aromatic N) is 1. The maximum Gasteiger partial charge on any atom is 0.253 e. The van der Waals surface area contributed by atoms with E-state index in [4.69, 9.17) is 10.5 Å². The SMILES string of the molecule is CO[C@H](C)C(=O)Nc1ccccc1CN1CCC[C@H]1C(N)=O. The Morgan fingerprint density at radius 2 is 2.18 bits per heavy atom. The maximum absolute atomic E-state index is 12.0. The second-order valence-electron chi connectivity index (χ2n) is 5.56. The van der Waals surface area contributed by atoms with Crippen LogP contribution in [0.1, 0.15) is 25.3 Å². The first-order valence-electron chi connectivity index (χ1n) is 7.48. The lowest BCUT2D eigenvalue weighted by atomic mass is 10.1. The van der Waals surface area contributed by atoms with E-state index in [9.17, 15) is 9.59 Å². The molecule has 2 amide bonds. The number of methoxy groups -OCH3 is 1. The Labute approximate surface area is 130 Å². The monoisotopic (exact) mass is 305 g/mol. The van der Waals surface area contributed by atoms with Gasteiger partial charge in [0.2, 0.25) is 5.91 Å². The van der Waals surface area contributed by atoms with Crippen molar-refractivity contribution in [2.75, 3.05) is 19.0 Å². The number of primary amides is 1. The van der Waals surface area contributed by atoms with Gasteiger partial charge in [-0.2, -0.15) is 0 Å². The van der Waals surface area contributed by atoms with Crippen LogP contribution >= 0.6 is 0 Å². The predicted molar refractivity (Wildman–Crippen MR) is 84.2 cm³/mol. The quantitative estimate of drug-likeness (QED) is 0.824. The molecule has 0 unspecified atom stereocenters. The smallest absolute Gasteiger partial charge is 0.253 e. The van der Waals surface area contributed by atoms with Crippen LogP contribution in [-0.2, 0) is 20.9 Å². The topological polar surface area (TPSA) is 84.7 Å². The summed E-state index contributed by atoms with van der Waals surface area (Å²) in [4.78, 5) is 25.5. The Morgan fingerprint density at radius 1 is 1.45 bits per heavy atom. The second kappa shape index (κ2) is 7.38. The van der Waals surface area contributed by atoms with Crippen molar-refractivity contribution in [2.45, 2.75) is 38.5 Å². The Morgan fingerprint density at radius 3 is 2.86 bits per heavy atom. The zero-order chi connectivity index (χ0) is 16.1. The van der Waals surface area contributed by atoms with Gasteiger partial charge in [-0.05, 0) is 37.9 Å². The number of carbonyl (C=O) groups is 2. The van der Waals surface area contributed by atoms with E-state index in [0.29, 0.717) is 6.54 Å². The molecule has 22 heavy (non-hydrogen) atoms. The van der Waals surface area contributed by atoms with E-state index in [0.717, 1.165) is 30.6 Å². The highest BCUT2D eigenvalue weighted by Gasteiger charge is 2.29. The Balaban J connectivity index is 2.11. The Bertz CT molecular complexity index is 547. The number of nitrogens with one attached hydrogen (secondary N) is 1. The van der Waals surface area contributed by atoms with Gasteiger partial charge in [-0.1, -0.05) is 18.2 Å². The lowest BCUT2D eigenvalue weighted by Gasteiger charge is -2.23. The molecule has 0 spiro atoms. The highest BCUT2D eigenvalue weighted by atomic mass is 16.5. The van der Waals surface area contributed by atoms with Crippen molar-refractivity contribution < 1.29 is 14.3 Å². The fourth-order valence-electron chi connectivity index (χ4n) is 2.68. The first-order valence-corrected chi connectivity index (χ1v) is 7.48. The molecule has 2 rings (SSSR count). The van der Waals surface area contributed by atoms with Gasteiger partial charge in [-0.25, -0.2) is 0 Å². The normalized spacial score (nSPS) is 19.8. The molecule has 0 aliphatic carbocycles. The van der Waals surface area contributed by atoms with Crippen LogP contribution in [-0.4, -0.2) is 42.5 Å². The number of anilines is 1. The molecule has 3 N–H and O–H groups in total. The minimum absolute atomic E-state index is 0.192. The Kier molecular flexibility index (Phi) is 5.51. The number of para-hydroxylation sites is 1. The second-order valence-corrected chi connectivity index (χ2v) is 5.56. The molecule has 1 fully saturated rings. The van der Waals surface area contributed by atoms with Crippen molar-refractivity contribution in [3.8, 4) is 0 Å². The van der Waals surface area contributed by atoms with E-state index in [1.54, 1.807) is 6.92 Å². The van der Waals surface area contributed by atoms with Gasteiger partial charge in [0.25, 0.3) is 5.91 Å². The van der Waals surface area contributed by atoms with Crippen LogP contribution in [0, 0.1) is 0 Å². The molecular weight excluding hydrogens is 282 g/mol. The zero-order valence-electron chi connectivity index (χ0n) is 13.0. The van der Waals surface area contributed by atoms with Crippen molar-refractivity contribution in [3.05, 3.63) is 29.8 Å². The first-order chi connectivity index (χ1) is 10.5. The van der Waals surface area contributed by atoms with E-state index < -0.39 is 6.10 Å². The zero-order valence-corrected chi connectivity index (χ0v) is 13.0. The summed E-state index contributed by atoms with van der Waals surface area (Å²) < 4.78 is 5.02. The number of likely N-dealkylation sites (tertiary alicyclic amines) is 1. The number of hydrogen-bond acceptors (Lipinski definition) is 4. The molecule has 1 aromatic rings. The fourth-order valence-corrected chi connectivity index (χ4v) is 2.68. The molecule has 0 aromatic heterocycles. The van der Waals surface area contributed by atoms with E-state index in [1.807, 2.05) is 24.3 Å². The number of rotatable bonds is 6. The van der Waals surface area contributed by atoms with Gasteiger partial charge in [0.05, 0.1) is 6.04 Å². The summed E-state index contributed by atoms with van der Waals surface area (Å²) in [5.74, 6) is -0.477. The first kappa shape index (κ1) is 16.5. The number of amides is 2. The summed E-state index contributed by atoms with van der Waals surface area (Å²) in [6.45, 7) is 3.12. The minimum Gasteiger partial charge on any atom is -0.372 e. The molecule has 2 atom stereocenters.